The molecule has 10 heteroatoms. The number of carboxylic acid groups (broad SMARTS) is 1. The molecule has 0 unspecified atom stereocenters. The van der Waals surface area contributed by atoms with Crippen molar-refractivity contribution >= 4 is 11.8 Å². The lowest BCUT2D eigenvalue weighted by molar-refractivity contribution is -0.204. The van der Waals surface area contributed by atoms with Crippen LogP contribution in [0.15, 0.2) is 24.3 Å². The molecule has 0 bridgehead atoms. The number of nitrogens with zero attached hydrogens (tertiary/aromatic N) is 2. The van der Waals surface area contributed by atoms with E-state index in [1.165, 1.54) is 12.1 Å². The molecule has 0 spiro atoms. The van der Waals surface area contributed by atoms with Crippen molar-refractivity contribution in [3.05, 3.63) is 52.5 Å². The second-order valence-corrected chi connectivity index (χ2v) is 11.2. The highest BCUT2D eigenvalue weighted by atomic mass is 19.1. The number of nitrogens with one attached hydrogen (secondary N) is 1. The molecule has 2 aromatic rings. The van der Waals surface area contributed by atoms with Crippen LogP contribution in [0, 0.1) is 5.82 Å². The highest BCUT2D eigenvalue weighted by Gasteiger charge is 2.37. The molecule has 40 heavy (non-hydrogen) atoms. The third-order valence-corrected chi connectivity index (χ3v) is 8.00. The number of methoxy groups -OCH3 is 1. The third-order valence-electron chi connectivity index (χ3n) is 8.00. The lowest BCUT2D eigenvalue weighted by Gasteiger charge is -2.38. The normalized spacial score (nSPS) is 20.8. The fourth-order valence-electron chi connectivity index (χ4n) is 5.71. The Kier molecular flexibility index (Phi) is 9.20. The second kappa shape index (κ2) is 12.8. The Balaban J connectivity index is 1.12. The van der Waals surface area contributed by atoms with Crippen molar-refractivity contribution in [3.8, 4) is 5.75 Å². The molecular formula is C30H40FN3O6. The number of rotatable bonds is 13. The number of ether oxygens (including phenoxy) is 4. The van der Waals surface area contributed by atoms with Crippen LogP contribution in [0.2, 0.25) is 0 Å². The minimum atomic E-state index is -1.01. The molecule has 2 saturated heterocycles. The van der Waals surface area contributed by atoms with E-state index in [0.29, 0.717) is 44.0 Å². The van der Waals surface area contributed by atoms with E-state index in [0.717, 1.165) is 67.9 Å². The first kappa shape index (κ1) is 28.7. The molecule has 218 valence electrons. The molecule has 1 aromatic heterocycles. The number of likely N-dealkylation sites (tertiary alicyclic amines) is 1. The number of aryl methyl sites for hydroxylation is 1. The summed E-state index contributed by atoms with van der Waals surface area (Å²) in [5.41, 5.74) is 2.88. The van der Waals surface area contributed by atoms with Gasteiger partial charge in [0.05, 0.1) is 33.0 Å². The Morgan fingerprint density at radius 2 is 2.17 bits per heavy atom. The van der Waals surface area contributed by atoms with Crippen LogP contribution in [-0.4, -0.2) is 79.2 Å². The minimum Gasteiger partial charge on any atom is -0.496 e. The van der Waals surface area contributed by atoms with Gasteiger partial charge in [0.15, 0.2) is 0 Å². The number of hydrogen-bond acceptors (Lipinski definition) is 8. The van der Waals surface area contributed by atoms with Gasteiger partial charge in [0.1, 0.15) is 29.0 Å². The molecule has 2 fully saturated rings. The highest BCUT2D eigenvalue weighted by Crippen LogP contribution is 2.33. The standard InChI is InChI=1S/C30H40FN3O6/c1-30(18-38-19-30)40-17-20-8-9-21(31)14-25(20)27(29(35)36)34-12-10-23(16-34)39-13-4-3-6-22-15-26(37-2)24-7-5-11-32-28(24)33-22/h8-9,14-15,23,27H,3-7,10-13,16-19H2,1-2H3,(H,32,33)(H,35,36)/t23-,27+/m1/s1. The van der Waals surface area contributed by atoms with Crippen molar-refractivity contribution in [1.29, 1.82) is 0 Å². The molecule has 1 aromatic carbocycles. The van der Waals surface area contributed by atoms with Crippen LogP contribution in [0.3, 0.4) is 0 Å². The number of anilines is 1. The van der Waals surface area contributed by atoms with Crippen LogP contribution in [0.25, 0.3) is 0 Å². The van der Waals surface area contributed by atoms with Crippen LogP contribution in [0.1, 0.15) is 61.0 Å². The topological polar surface area (TPSA) is 102 Å². The third kappa shape index (κ3) is 6.74. The number of halogens is 1. The molecule has 4 heterocycles. The summed E-state index contributed by atoms with van der Waals surface area (Å²) in [5, 5.41) is 13.5. The monoisotopic (exact) mass is 557 g/mol. The van der Waals surface area contributed by atoms with Gasteiger partial charge in [0, 0.05) is 43.6 Å². The summed E-state index contributed by atoms with van der Waals surface area (Å²) in [5.74, 6) is 0.377. The predicted octanol–water partition coefficient (Wildman–Crippen LogP) is 4.13. The van der Waals surface area contributed by atoms with E-state index in [1.807, 2.05) is 17.9 Å². The van der Waals surface area contributed by atoms with E-state index in [2.05, 4.69) is 5.32 Å². The number of carboxylic acids is 1. The van der Waals surface area contributed by atoms with Crippen molar-refractivity contribution in [2.24, 2.45) is 0 Å². The molecule has 3 aliphatic rings. The van der Waals surface area contributed by atoms with E-state index < -0.39 is 23.4 Å². The number of aromatic nitrogens is 1. The molecule has 5 rings (SSSR count). The summed E-state index contributed by atoms with van der Waals surface area (Å²) in [6, 6.07) is 5.37. The number of carbonyl (C=O) groups is 1. The van der Waals surface area contributed by atoms with Gasteiger partial charge in [-0.25, -0.2) is 9.37 Å². The fraction of sp³-hybridized carbons (Fsp3) is 0.600. The molecule has 0 saturated carbocycles. The first-order chi connectivity index (χ1) is 19.3. The van der Waals surface area contributed by atoms with Crippen LogP contribution in [-0.2, 0) is 38.5 Å². The van der Waals surface area contributed by atoms with E-state index in [1.54, 1.807) is 13.2 Å². The minimum absolute atomic E-state index is 0.0627. The van der Waals surface area contributed by atoms with Crippen molar-refractivity contribution in [2.45, 2.75) is 69.8 Å². The summed E-state index contributed by atoms with van der Waals surface area (Å²) < 4.78 is 37.2. The Morgan fingerprint density at radius 3 is 2.92 bits per heavy atom. The maximum Gasteiger partial charge on any atom is 0.325 e. The first-order valence-corrected chi connectivity index (χ1v) is 14.2. The van der Waals surface area contributed by atoms with Crippen molar-refractivity contribution in [1.82, 2.24) is 9.88 Å². The summed E-state index contributed by atoms with van der Waals surface area (Å²) >= 11 is 0. The van der Waals surface area contributed by atoms with Crippen LogP contribution in [0.4, 0.5) is 10.2 Å². The molecular weight excluding hydrogens is 517 g/mol. The van der Waals surface area contributed by atoms with Crippen molar-refractivity contribution in [3.63, 3.8) is 0 Å². The van der Waals surface area contributed by atoms with Gasteiger partial charge >= 0.3 is 5.97 Å². The smallest absolute Gasteiger partial charge is 0.325 e. The summed E-state index contributed by atoms with van der Waals surface area (Å²) in [4.78, 5) is 19.1. The maximum atomic E-state index is 14.3. The largest absolute Gasteiger partial charge is 0.496 e. The van der Waals surface area contributed by atoms with E-state index in [-0.39, 0.29) is 12.7 Å². The van der Waals surface area contributed by atoms with Gasteiger partial charge in [-0.2, -0.15) is 0 Å². The fourth-order valence-corrected chi connectivity index (χ4v) is 5.71. The van der Waals surface area contributed by atoms with Crippen molar-refractivity contribution in [2.75, 3.05) is 51.9 Å². The van der Waals surface area contributed by atoms with Gasteiger partial charge in [-0.1, -0.05) is 6.07 Å². The summed E-state index contributed by atoms with van der Waals surface area (Å²) in [7, 11) is 1.70. The number of unbranched alkanes of at least 4 members (excludes halogenated alkanes) is 1. The van der Waals surface area contributed by atoms with Crippen LogP contribution < -0.4 is 10.1 Å². The number of benzene rings is 1. The predicted molar refractivity (Wildman–Crippen MR) is 147 cm³/mol. The SMILES string of the molecule is COc1cc(CCCCO[C@@H]2CCN([C@H](C(=O)O)c3cc(F)ccc3COC3(C)COC3)C2)nc2c1CCCN2. The average Bonchev–Trinajstić information content (AvgIpc) is 3.39. The lowest BCUT2D eigenvalue weighted by Crippen LogP contribution is -2.49. The van der Waals surface area contributed by atoms with Gasteiger partial charge in [-0.3, -0.25) is 9.69 Å². The zero-order valence-corrected chi connectivity index (χ0v) is 23.4. The van der Waals surface area contributed by atoms with Crippen LogP contribution in [0.5, 0.6) is 5.75 Å². The quantitative estimate of drug-likeness (QED) is 0.352. The Labute approximate surface area is 235 Å². The van der Waals surface area contributed by atoms with E-state index in [9.17, 15) is 14.3 Å². The number of fused-ring (bicyclic) bond motifs is 1. The zero-order valence-electron chi connectivity index (χ0n) is 23.4. The first-order valence-electron chi connectivity index (χ1n) is 14.2. The number of pyridine rings is 1. The van der Waals surface area contributed by atoms with E-state index >= 15 is 0 Å². The van der Waals surface area contributed by atoms with Crippen LogP contribution >= 0.6 is 0 Å². The molecule has 2 N–H and O–H groups in total. The Morgan fingerprint density at radius 1 is 1.32 bits per heavy atom. The Bertz CT molecular complexity index is 1170. The summed E-state index contributed by atoms with van der Waals surface area (Å²) in [6.45, 7) is 5.71. The molecule has 2 atom stereocenters. The molecule has 3 aliphatic heterocycles. The highest BCUT2D eigenvalue weighted by molar-refractivity contribution is 5.76. The van der Waals surface area contributed by atoms with Crippen molar-refractivity contribution < 1.29 is 33.2 Å². The zero-order chi connectivity index (χ0) is 28.1. The van der Waals surface area contributed by atoms with E-state index in [4.69, 9.17) is 23.9 Å². The lowest BCUT2D eigenvalue weighted by atomic mass is 9.98. The average molecular weight is 558 g/mol. The van der Waals surface area contributed by atoms with Gasteiger partial charge in [-0.05, 0) is 68.7 Å². The number of hydrogen-bond donors (Lipinski definition) is 2. The molecule has 0 amide bonds. The van der Waals surface area contributed by atoms with Gasteiger partial charge < -0.3 is 29.4 Å². The maximum absolute atomic E-state index is 14.3. The molecule has 0 radical (unpaired) electrons. The summed E-state index contributed by atoms with van der Waals surface area (Å²) in [6.07, 6.45) is 5.38. The molecule has 0 aliphatic carbocycles. The second-order valence-electron chi connectivity index (χ2n) is 11.2. The number of aliphatic carboxylic acids is 1. The van der Waals surface area contributed by atoms with Gasteiger partial charge in [0.2, 0.25) is 0 Å². The van der Waals surface area contributed by atoms with Gasteiger partial charge in [0.25, 0.3) is 0 Å². The Hall–Kier alpha value is -2.79. The molecule has 9 nitrogen and oxygen atoms in total. The van der Waals surface area contributed by atoms with Gasteiger partial charge in [-0.15, -0.1) is 0 Å².